The second-order valence-corrected chi connectivity index (χ2v) is 9.25. The monoisotopic (exact) mass is 550 g/mol. The van der Waals surface area contributed by atoms with Crippen LogP contribution < -0.4 is 19.5 Å². The Morgan fingerprint density at radius 2 is 1.73 bits per heavy atom. The Labute approximate surface area is 233 Å². The number of aldehydes is 1. The smallest absolute Gasteiger partial charge is 0.305 e. The van der Waals surface area contributed by atoms with Crippen LogP contribution in [0, 0.1) is 0 Å². The van der Waals surface area contributed by atoms with Crippen LogP contribution in [0.15, 0.2) is 72.9 Å². The molecular formula is C30H34N2O8. The molecule has 1 heterocycles. The third-order valence-electron chi connectivity index (χ3n) is 5.89. The number of nitrogens with one attached hydrogen (secondary N) is 1. The van der Waals surface area contributed by atoms with Gasteiger partial charge >= 0.3 is 5.97 Å². The van der Waals surface area contributed by atoms with Crippen molar-refractivity contribution in [1.82, 2.24) is 10.3 Å². The fourth-order valence-electron chi connectivity index (χ4n) is 3.76. The van der Waals surface area contributed by atoms with Gasteiger partial charge in [-0.3, -0.25) is 9.59 Å². The van der Waals surface area contributed by atoms with Gasteiger partial charge in [0.25, 0.3) is 5.91 Å². The van der Waals surface area contributed by atoms with E-state index in [9.17, 15) is 14.4 Å². The number of rotatable bonds is 15. The highest BCUT2D eigenvalue weighted by Crippen LogP contribution is 2.30. The van der Waals surface area contributed by atoms with Crippen LogP contribution in [0.4, 0.5) is 0 Å². The van der Waals surface area contributed by atoms with Gasteiger partial charge in [0.05, 0.1) is 19.8 Å². The van der Waals surface area contributed by atoms with Gasteiger partial charge in [0.2, 0.25) is 6.79 Å². The van der Waals surface area contributed by atoms with Crippen LogP contribution in [0.1, 0.15) is 36.8 Å². The molecule has 0 bridgehead atoms. The van der Waals surface area contributed by atoms with Crippen molar-refractivity contribution >= 4 is 18.2 Å². The Balaban J connectivity index is 1.76. The summed E-state index contributed by atoms with van der Waals surface area (Å²) in [4.78, 5) is 40.7. The molecule has 0 spiro atoms. The number of carbonyl (C=O) groups is 3. The number of esters is 1. The first-order valence-corrected chi connectivity index (χ1v) is 12.7. The maximum atomic E-state index is 13.3. The summed E-state index contributed by atoms with van der Waals surface area (Å²) < 4.78 is 27.9. The van der Waals surface area contributed by atoms with Crippen molar-refractivity contribution in [3.8, 4) is 17.2 Å². The maximum Gasteiger partial charge on any atom is 0.305 e. The zero-order valence-electron chi connectivity index (χ0n) is 23.0. The summed E-state index contributed by atoms with van der Waals surface area (Å²) in [6.45, 7) is 4.07. The quantitative estimate of drug-likeness (QED) is 0.171. The zero-order valence-corrected chi connectivity index (χ0v) is 23.0. The summed E-state index contributed by atoms with van der Waals surface area (Å²) in [5, 5.41) is 2.68. The molecule has 3 atom stereocenters. The number of amides is 1. The lowest BCUT2D eigenvalue weighted by atomic mass is 10.0. The van der Waals surface area contributed by atoms with Gasteiger partial charge in [-0.1, -0.05) is 48.5 Å². The van der Waals surface area contributed by atoms with E-state index in [1.54, 1.807) is 6.92 Å². The van der Waals surface area contributed by atoms with Crippen molar-refractivity contribution in [3.63, 3.8) is 0 Å². The third-order valence-corrected chi connectivity index (χ3v) is 5.89. The minimum absolute atomic E-state index is 0.0373. The Hall–Kier alpha value is -4.44. The van der Waals surface area contributed by atoms with Crippen LogP contribution in [-0.2, 0) is 25.5 Å². The second-order valence-electron chi connectivity index (χ2n) is 9.25. The van der Waals surface area contributed by atoms with Crippen molar-refractivity contribution in [2.45, 2.75) is 44.9 Å². The summed E-state index contributed by atoms with van der Waals surface area (Å²) in [6.07, 6.45) is 1.65. The predicted molar refractivity (Wildman–Crippen MR) is 146 cm³/mol. The molecule has 0 saturated heterocycles. The lowest BCUT2D eigenvalue weighted by molar-refractivity contribution is -0.147. The normalized spacial score (nSPS) is 13.7. The van der Waals surface area contributed by atoms with Crippen molar-refractivity contribution < 1.29 is 38.1 Å². The highest BCUT2D eigenvalue weighted by Gasteiger charge is 2.32. The number of pyridine rings is 1. The van der Waals surface area contributed by atoms with Gasteiger partial charge in [0, 0.05) is 25.6 Å². The fourth-order valence-corrected chi connectivity index (χ4v) is 3.76. The molecule has 1 amide bonds. The molecule has 1 N–H and O–H groups in total. The molecule has 3 rings (SSSR count). The number of benzene rings is 2. The first-order valence-electron chi connectivity index (χ1n) is 12.7. The van der Waals surface area contributed by atoms with Gasteiger partial charge in [-0.25, -0.2) is 4.98 Å². The standard InChI is InChI=1S/C30H34N2O8/c1-21(40-24-13-9-6-10-14-24)26(17-23-11-7-5-8-12-23)37-19-30(3,18-33)32-29(35)27-28(39-20-38-22(2)34)25(36-4)15-16-31-27/h5-16,18,21,26H,17,19-20H2,1-4H3,(H,32,35)/t21-,26?,30+/m0/s1. The number of para-hydroxylation sites is 1. The number of nitrogens with zero attached hydrogens (tertiary/aromatic N) is 1. The van der Waals surface area contributed by atoms with Gasteiger partial charge in [-0.2, -0.15) is 0 Å². The number of ether oxygens (including phenoxy) is 5. The molecule has 0 aliphatic heterocycles. The number of methoxy groups -OCH3 is 1. The van der Waals surface area contributed by atoms with Crippen LogP contribution in [-0.4, -0.2) is 61.4 Å². The van der Waals surface area contributed by atoms with Gasteiger partial charge in [-0.05, 0) is 31.5 Å². The summed E-state index contributed by atoms with van der Waals surface area (Å²) in [5.74, 6) is -0.414. The van der Waals surface area contributed by atoms with Crippen molar-refractivity contribution in [3.05, 3.63) is 84.2 Å². The summed E-state index contributed by atoms with van der Waals surface area (Å²) in [6, 6.07) is 20.6. The van der Waals surface area contributed by atoms with Gasteiger partial charge in [0.15, 0.2) is 17.2 Å². The Kier molecular flexibility index (Phi) is 11.0. The topological polar surface area (TPSA) is 122 Å². The highest BCUT2D eigenvalue weighted by atomic mass is 16.7. The largest absolute Gasteiger partial charge is 0.493 e. The molecule has 10 heteroatoms. The van der Waals surface area contributed by atoms with Crippen LogP contribution in [0.5, 0.6) is 17.2 Å². The fraction of sp³-hybridized carbons (Fsp3) is 0.333. The lowest BCUT2D eigenvalue weighted by Gasteiger charge is -2.30. The lowest BCUT2D eigenvalue weighted by Crippen LogP contribution is -2.52. The van der Waals surface area contributed by atoms with E-state index in [-0.39, 0.29) is 29.9 Å². The average molecular weight is 551 g/mol. The van der Waals surface area contributed by atoms with E-state index in [1.807, 2.05) is 67.6 Å². The molecule has 0 aliphatic carbocycles. The molecule has 1 unspecified atom stereocenters. The van der Waals surface area contributed by atoms with Crippen LogP contribution >= 0.6 is 0 Å². The average Bonchev–Trinajstić information content (AvgIpc) is 2.96. The van der Waals surface area contributed by atoms with E-state index < -0.39 is 30.3 Å². The molecule has 0 radical (unpaired) electrons. The predicted octanol–water partition coefficient (Wildman–Crippen LogP) is 3.77. The van der Waals surface area contributed by atoms with Gasteiger partial charge in [-0.15, -0.1) is 0 Å². The van der Waals surface area contributed by atoms with E-state index in [0.717, 1.165) is 5.56 Å². The second kappa shape index (κ2) is 14.6. The first-order chi connectivity index (χ1) is 19.2. The molecule has 40 heavy (non-hydrogen) atoms. The third kappa shape index (κ3) is 8.81. The molecule has 0 aliphatic rings. The molecule has 212 valence electrons. The minimum Gasteiger partial charge on any atom is -0.493 e. The summed E-state index contributed by atoms with van der Waals surface area (Å²) >= 11 is 0. The van der Waals surface area contributed by atoms with Gasteiger partial charge in [0.1, 0.15) is 23.7 Å². The van der Waals surface area contributed by atoms with E-state index in [4.69, 9.17) is 23.7 Å². The SMILES string of the molecule is COc1ccnc(C(=O)N[C@](C)(C=O)COC(Cc2ccccc2)[C@H](C)Oc2ccccc2)c1OCOC(C)=O. The Morgan fingerprint density at radius 3 is 2.35 bits per heavy atom. The summed E-state index contributed by atoms with van der Waals surface area (Å²) in [5.41, 5.74) is -0.541. The first kappa shape index (κ1) is 30.1. The van der Waals surface area contributed by atoms with E-state index >= 15 is 0 Å². The van der Waals surface area contributed by atoms with Crippen molar-refractivity contribution in [2.75, 3.05) is 20.5 Å². The van der Waals surface area contributed by atoms with Crippen molar-refractivity contribution in [1.29, 1.82) is 0 Å². The van der Waals surface area contributed by atoms with E-state index in [1.165, 1.54) is 26.3 Å². The van der Waals surface area contributed by atoms with E-state index in [0.29, 0.717) is 18.5 Å². The summed E-state index contributed by atoms with van der Waals surface area (Å²) in [7, 11) is 1.39. The molecule has 0 fully saturated rings. The zero-order chi connectivity index (χ0) is 29.0. The molecule has 2 aromatic carbocycles. The molecular weight excluding hydrogens is 516 g/mol. The maximum absolute atomic E-state index is 13.3. The van der Waals surface area contributed by atoms with Crippen LogP contribution in [0.2, 0.25) is 0 Å². The minimum atomic E-state index is -1.42. The molecule has 1 aromatic heterocycles. The molecule has 10 nitrogen and oxygen atoms in total. The van der Waals surface area contributed by atoms with E-state index in [2.05, 4.69) is 10.3 Å². The highest BCUT2D eigenvalue weighted by molar-refractivity contribution is 5.97. The van der Waals surface area contributed by atoms with Crippen LogP contribution in [0.3, 0.4) is 0 Å². The van der Waals surface area contributed by atoms with Crippen molar-refractivity contribution in [2.24, 2.45) is 0 Å². The Morgan fingerprint density at radius 1 is 1.05 bits per heavy atom. The van der Waals surface area contributed by atoms with Crippen LogP contribution in [0.25, 0.3) is 0 Å². The Bertz CT molecular complexity index is 1260. The number of carbonyl (C=O) groups excluding carboxylic acids is 3. The number of hydrogen-bond donors (Lipinski definition) is 1. The number of aromatic nitrogens is 1. The molecule has 3 aromatic rings. The van der Waals surface area contributed by atoms with Gasteiger partial charge < -0.3 is 33.8 Å². The molecule has 0 saturated carbocycles. The number of hydrogen-bond acceptors (Lipinski definition) is 9.